The number of nitrogens with one attached hydrogen (secondary N) is 1. The van der Waals surface area contributed by atoms with E-state index in [1.165, 1.54) is 16.2 Å². The van der Waals surface area contributed by atoms with Crippen molar-refractivity contribution in [3.63, 3.8) is 0 Å². The van der Waals surface area contributed by atoms with Crippen LogP contribution in [0, 0.1) is 11.3 Å². The normalized spacial score (nSPS) is 16.4. The van der Waals surface area contributed by atoms with Crippen molar-refractivity contribution in [2.24, 2.45) is 0 Å². The number of hydrogen-bond acceptors (Lipinski definition) is 5. The number of thiophene rings is 1. The van der Waals surface area contributed by atoms with Crippen molar-refractivity contribution in [2.45, 2.75) is 51.8 Å². The molecule has 1 aliphatic rings. The first-order valence-corrected chi connectivity index (χ1v) is 8.39. The van der Waals surface area contributed by atoms with Gasteiger partial charge in [-0.25, -0.2) is 4.79 Å². The first-order chi connectivity index (χ1) is 10.4. The largest absolute Gasteiger partial charge is 0.444 e. The maximum Gasteiger partial charge on any atom is 0.410 e. The summed E-state index contributed by atoms with van der Waals surface area (Å²) in [6.07, 6.45) is 1.63. The minimum absolute atomic E-state index is 0.220. The van der Waals surface area contributed by atoms with E-state index in [4.69, 9.17) is 10.00 Å². The molecule has 0 unspecified atom stereocenters. The number of likely N-dealkylation sites (tertiary alicyclic amines) is 1. The number of hydrogen-bond donors (Lipinski definition) is 1. The standard InChI is InChI=1S/C16H23N3O2S/c1-16(2,3)21-15(20)19-8-6-12(7-9-19)18-11-14-5-4-13(10-17)22-14/h4-5,12,18H,6-9,11H2,1-3H3. The average Bonchev–Trinajstić information content (AvgIpc) is 2.92. The molecular formula is C16H23N3O2S. The van der Waals surface area contributed by atoms with Crippen LogP contribution in [-0.2, 0) is 11.3 Å². The third-order valence-corrected chi connectivity index (χ3v) is 4.47. The van der Waals surface area contributed by atoms with Crippen molar-refractivity contribution < 1.29 is 9.53 Å². The predicted molar refractivity (Wildman–Crippen MR) is 86.7 cm³/mol. The Kier molecular flexibility index (Phi) is 5.43. The fourth-order valence-electron chi connectivity index (χ4n) is 2.37. The van der Waals surface area contributed by atoms with Crippen LogP contribution in [0.1, 0.15) is 43.4 Å². The van der Waals surface area contributed by atoms with Crippen LogP contribution in [0.3, 0.4) is 0 Å². The molecule has 0 aromatic carbocycles. The van der Waals surface area contributed by atoms with Gasteiger partial charge in [0, 0.05) is 30.6 Å². The van der Waals surface area contributed by atoms with Crippen molar-refractivity contribution in [1.82, 2.24) is 10.2 Å². The molecule has 22 heavy (non-hydrogen) atoms. The van der Waals surface area contributed by atoms with Gasteiger partial charge in [-0.3, -0.25) is 0 Å². The highest BCUT2D eigenvalue weighted by Crippen LogP contribution is 2.18. The molecule has 1 aromatic rings. The lowest BCUT2D eigenvalue weighted by atomic mass is 10.1. The molecule has 120 valence electrons. The van der Waals surface area contributed by atoms with Gasteiger partial charge in [0.2, 0.25) is 0 Å². The summed E-state index contributed by atoms with van der Waals surface area (Å²) in [5.41, 5.74) is -0.441. The minimum atomic E-state index is -0.441. The molecule has 2 heterocycles. The number of rotatable bonds is 3. The zero-order valence-electron chi connectivity index (χ0n) is 13.4. The summed E-state index contributed by atoms with van der Waals surface area (Å²) in [7, 11) is 0. The number of piperidine rings is 1. The van der Waals surface area contributed by atoms with E-state index in [0.717, 1.165) is 37.4 Å². The maximum absolute atomic E-state index is 12.0. The molecule has 0 bridgehead atoms. The molecule has 1 aliphatic heterocycles. The molecule has 1 amide bonds. The van der Waals surface area contributed by atoms with Gasteiger partial charge in [0.05, 0.1) is 0 Å². The molecule has 1 N–H and O–H groups in total. The van der Waals surface area contributed by atoms with Crippen molar-refractivity contribution in [3.8, 4) is 6.07 Å². The molecule has 5 nitrogen and oxygen atoms in total. The Labute approximate surface area is 135 Å². The van der Waals surface area contributed by atoms with Gasteiger partial charge in [-0.15, -0.1) is 11.3 Å². The summed E-state index contributed by atoms with van der Waals surface area (Å²) in [5, 5.41) is 12.3. The third-order valence-electron chi connectivity index (χ3n) is 3.48. The molecule has 0 aliphatic carbocycles. The highest BCUT2D eigenvalue weighted by molar-refractivity contribution is 7.12. The summed E-state index contributed by atoms with van der Waals surface area (Å²) in [4.78, 5) is 15.7. The lowest BCUT2D eigenvalue weighted by Gasteiger charge is -2.33. The highest BCUT2D eigenvalue weighted by Gasteiger charge is 2.26. The predicted octanol–water partition coefficient (Wildman–Crippen LogP) is 3.11. The van der Waals surface area contributed by atoms with E-state index in [1.807, 2.05) is 32.9 Å². The molecule has 6 heteroatoms. The molecule has 0 spiro atoms. The fourth-order valence-corrected chi connectivity index (χ4v) is 3.13. The third kappa shape index (κ3) is 5.00. The van der Waals surface area contributed by atoms with Crippen LogP contribution in [0.2, 0.25) is 0 Å². The molecule has 0 atom stereocenters. The summed E-state index contributed by atoms with van der Waals surface area (Å²) in [6, 6.07) is 6.41. The van der Waals surface area contributed by atoms with E-state index < -0.39 is 5.60 Å². The molecule has 0 radical (unpaired) electrons. The highest BCUT2D eigenvalue weighted by atomic mass is 32.1. The first-order valence-electron chi connectivity index (χ1n) is 7.57. The van der Waals surface area contributed by atoms with Gasteiger partial charge in [-0.05, 0) is 45.7 Å². The Morgan fingerprint density at radius 2 is 2.14 bits per heavy atom. The quantitative estimate of drug-likeness (QED) is 0.929. The van der Waals surface area contributed by atoms with Gasteiger partial charge in [0.15, 0.2) is 0 Å². The SMILES string of the molecule is CC(C)(C)OC(=O)N1CCC(NCc2ccc(C#N)s2)CC1. The lowest BCUT2D eigenvalue weighted by molar-refractivity contribution is 0.0198. The summed E-state index contributed by atoms with van der Waals surface area (Å²) < 4.78 is 5.39. The number of amides is 1. The Bertz CT molecular complexity index is 548. The zero-order valence-corrected chi connectivity index (χ0v) is 14.2. The van der Waals surface area contributed by atoms with Crippen molar-refractivity contribution in [2.75, 3.05) is 13.1 Å². The van der Waals surface area contributed by atoms with E-state index in [2.05, 4.69) is 11.4 Å². The van der Waals surface area contributed by atoms with Crippen LogP contribution in [0.15, 0.2) is 12.1 Å². The molecule has 1 saturated heterocycles. The van der Waals surface area contributed by atoms with E-state index >= 15 is 0 Å². The van der Waals surface area contributed by atoms with Crippen LogP contribution in [0.4, 0.5) is 4.79 Å². The van der Waals surface area contributed by atoms with Gasteiger partial charge in [-0.2, -0.15) is 5.26 Å². The van der Waals surface area contributed by atoms with Crippen LogP contribution < -0.4 is 5.32 Å². The second-order valence-electron chi connectivity index (χ2n) is 6.50. The second-order valence-corrected chi connectivity index (χ2v) is 7.67. The van der Waals surface area contributed by atoms with Gasteiger partial charge in [-0.1, -0.05) is 0 Å². The smallest absolute Gasteiger partial charge is 0.410 e. The Morgan fingerprint density at radius 1 is 1.45 bits per heavy atom. The van der Waals surface area contributed by atoms with Crippen molar-refractivity contribution >= 4 is 17.4 Å². The van der Waals surface area contributed by atoms with Crippen molar-refractivity contribution in [1.29, 1.82) is 5.26 Å². The van der Waals surface area contributed by atoms with Gasteiger partial charge < -0.3 is 15.0 Å². The average molecular weight is 321 g/mol. The number of nitrogens with zero attached hydrogens (tertiary/aromatic N) is 2. The number of carbonyl (C=O) groups excluding carboxylic acids is 1. The van der Waals surface area contributed by atoms with Gasteiger partial charge in [0.1, 0.15) is 16.5 Å². The summed E-state index contributed by atoms with van der Waals surface area (Å²) >= 11 is 1.53. The molecule has 1 fully saturated rings. The van der Waals surface area contributed by atoms with E-state index in [9.17, 15) is 4.79 Å². The summed E-state index contributed by atoms with van der Waals surface area (Å²) in [5.74, 6) is 0. The lowest BCUT2D eigenvalue weighted by Crippen LogP contribution is -2.46. The number of carbonyl (C=O) groups is 1. The topological polar surface area (TPSA) is 65.4 Å². The first kappa shape index (κ1) is 16.8. The van der Waals surface area contributed by atoms with E-state index in [-0.39, 0.29) is 6.09 Å². The molecule has 1 aromatic heterocycles. The Morgan fingerprint density at radius 3 is 2.68 bits per heavy atom. The van der Waals surface area contributed by atoms with Crippen LogP contribution >= 0.6 is 11.3 Å². The summed E-state index contributed by atoms with van der Waals surface area (Å²) in [6.45, 7) is 7.88. The molecule has 2 rings (SSSR count). The fraction of sp³-hybridized carbons (Fsp3) is 0.625. The Balaban J connectivity index is 1.73. The Hall–Kier alpha value is -1.58. The van der Waals surface area contributed by atoms with Crippen LogP contribution in [0.25, 0.3) is 0 Å². The van der Waals surface area contributed by atoms with Crippen molar-refractivity contribution in [3.05, 3.63) is 21.9 Å². The monoisotopic (exact) mass is 321 g/mol. The molecular weight excluding hydrogens is 298 g/mol. The minimum Gasteiger partial charge on any atom is -0.444 e. The van der Waals surface area contributed by atoms with Crippen LogP contribution in [-0.4, -0.2) is 35.7 Å². The molecule has 0 saturated carbocycles. The van der Waals surface area contributed by atoms with E-state index in [0.29, 0.717) is 6.04 Å². The van der Waals surface area contributed by atoms with Gasteiger partial charge in [0.25, 0.3) is 0 Å². The van der Waals surface area contributed by atoms with E-state index in [1.54, 1.807) is 4.90 Å². The maximum atomic E-state index is 12.0. The number of ether oxygens (including phenoxy) is 1. The zero-order chi connectivity index (χ0) is 16.2. The second kappa shape index (κ2) is 7.12. The van der Waals surface area contributed by atoms with Crippen LogP contribution in [0.5, 0.6) is 0 Å². The van der Waals surface area contributed by atoms with Gasteiger partial charge >= 0.3 is 6.09 Å². The number of nitriles is 1.